The Morgan fingerprint density at radius 3 is 2.42 bits per heavy atom. The van der Waals surface area contributed by atoms with Gasteiger partial charge in [0, 0.05) is 16.5 Å². The number of carboxylic acids is 1. The number of carboxylic acid groups (broad SMARTS) is 1. The van der Waals surface area contributed by atoms with Gasteiger partial charge in [-0.15, -0.1) is 0 Å². The normalized spacial score (nSPS) is 16.7. The minimum Gasteiger partial charge on any atom is -0.480 e. The molecule has 33 heavy (non-hydrogen) atoms. The highest BCUT2D eigenvalue weighted by atomic mass is 35.5. The zero-order chi connectivity index (χ0) is 24.7. The standard InChI is InChI=1S/C19H21Cl2N5O7/c1-8(15(17(30)31)25-16(29)12-5-6-13(27)23-12)33-19(32)26-18(22)24-14(28)7-9-10(20)3-2-4-11(9)21/h2-4,8,12,15H,5-7H2,1H3,(H,23,27)(H,25,29)(H,30,31)(H3,22,24,26,28,32)/t8-,12+,15+/m1/s1. The summed E-state index contributed by atoms with van der Waals surface area (Å²) in [6.45, 7) is 1.22. The van der Waals surface area contributed by atoms with Gasteiger partial charge in [-0.2, -0.15) is 0 Å². The van der Waals surface area contributed by atoms with Crippen LogP contribution in [-0.2, 0) is 30.3 Å². The lowest BCUT2D eigenvalue weighted by atomic mass is 10.1. The van der Waals surface area contributed by atoms with Gasteiger partial charge in [0.25, 0.3) is 0 Å². The number of guanidine groups is 1. The topological polar surface area (TPSA) is 187 Å². The molecule has 1 heterocycles. The minimum absolute atomic E-state index is 0.140. The van der Waals surface area contributed by atoms with Gasteiger partial charge in [-0.3, -0.25) is 30.4 Å². The van der Waals surface area contributed by atoms with E-state index < -0.39 is 48.0 Å². The molecule has 1 aliphatic heterocycles. The molecule has 1 saturated heterocycles. The molecule has 1 aromatic rings. The number of hydrogen-bond acceptors (Lipinski definition) is 7. The molecule has 2 rings (SSSR count). The lowest BCUT2D eigenvalue weighted by Crippen LogP contribution is -2.54. The molecular formula is C19H21Cl2N5O7. The van der Waals surface area contributed by atoms with E-state index in [9.17, 15) is 29.1 Å². The summed E-state index contributed by atoms with van der Waals surface area (Å²) in [5, 5.41) is 26.2. The monoisotopic (exact) mass is 501 g/mol. The third-order valence-corrected chi connectivity index (χ3v) is 5.24. The molecular weight excluding hydrogens is 481 g/mol. The van der Waals surface area contributed by atoms with Crippen LogP contribution in [0.4, 0.5) is 4.79 Å². The highest BCUT2D eigenvalue weighted by Crippen LogP contribution is 2.24. The van der Waals surface area contributed by atoms with E-state index in [1.807, 2.05) is 5.32 Å². The van der Waals surface area contributed by atoms with Gasteiger partial charge in [0.2, 0.25) is 23.7 Å². The Morgan fingerprint density at radius 2 is 1.88 bits per heavy atom. The Hall–Kier alpha value is -3.38. The fraction of sp³-hybridized carbons (Fsp3) is 0.368. The number of alkyl carbamates (subject to hydrolysis) is 1. The average molecular weight is 502 g/mol. The Kier molecular flexibility index (Phi) is 9.00. The van der Waals surface area contributed by atoms with E-state index in [4.69, 9.17) is 33.3 Å². The summed E-state index contributed by atoms with van der Waals surface area (Å²) in [6.07, 6.45) is -2.50. The van der Waals surface area contributed by atoms with Crippen LogP contribution in [0.25, 0.3) is 0 Å². The molecule has 0 spiro atoms. The van der Waals surface area contributed by atoms with Gasteiger partial charge in [-0.05, 0) is 31.0 Å². The van der Waals surface area contributed by atoms with Crippen molar-refractivity contribution in [1.29, 1.82) is 5.41 Å². The number of aliphatic carboxylic acids is 1. The quantitative estimate of drug-likeness (QED) is 0.232. The number of halogens is 2. The Labute approximate surface area is 197 Å². The summed E-state index contributed by atoms with van der Waals surface area (Å²) in [5.74, 6) is -3.97. The van der Waals surface area contributed by atoms with Gasteiger partial charge < -0.3 is 20.5 Å². The molecule has 0 bridgehead atoms. The number of carbonyl (C=O) groups is 5. The first-order valence-electron chi connectivity index (χ1n) is 9.59. The van der Waals surface area contributed by atoms with Gasteiger partial charge >= 0.3 is 12.1 Å². The lowest BCUT2D eigenvalue weighted by Gasteiger charge is -2.23. The van der Waals surface area contributed by atoms with Crippen molar-refractivity contribution in [3.05, 3.63) is 33.8 Å². The minimum atomic E-state index is -1.62. The van der Waals surface area contributed by atoms with Crippen molar-refractivity contribution in [3.8, 4) is 0 Å². The second kappa shape index (κ2) is 11.5. The summed E-state index contributed by atoms with van der Waals surface area (Å²) in [4.78, 5) is 58.9. The molecule has 0 aromatic heterocycles. The molecule has 1 aromatic carbocycles. The van der Waals surface area contributed by atoms with E-state index in [1.54, 1.807) is 6.07 Å². The van der Waals surface area contributed by atoms with E-state index >= 15 is 0 Å². The molecule has 1 aliphatic rings. The summed E-state index contributed by atoms with van der Waals surface area (Å²) < 4.78 is 4.90. The first-order chi connectivity index (χ1) is 15.5. The maximum Gasteiger partial charge on any atom is 0.414 e. The predicted octanol–water partition coefficient (Wildman–Crippen LogP) is 0.550. The van der Waals surface area contributed by atoms with E-state index in [1.165, 1.54) is 19.1 Å². The molecule has 1 fully saturated rings. The number of nitrogens with one attached hydrogen (secondary N) is 5. The second-order valence-corrected chi connectivity index (χ2v) is 7.83. The summed E-state index contributed by atoms with van der Waals surface area (Å²) in [7, 11) is 0. The Bertz CT molecular complexity index is 967. The summed E-state index contributed by atoms with van der Waals surface area (Å²) >= 11 is 12.0. The van der Waals surface area contributed by atoms with Crippen LogP contribution in [0.3, 0.4) is 0 Å². The number of hydrogen-bond donors (Lipinski definition) is 6. The third-order valence-electron chi connectivity index (χ3n) is 4.53. The van der Waals surface area contributed by atoms with E-state index in [-0.39, 0.29) is 35.2 Å². The van der Waals surface area contributed by atoms with E-state index in [0.29, 0.717) is 5.56 Å². The SMILES string of the molecule is C[C@@H](OC(=O)NC(=N)NC(=O)Cc1c(Cl)cccc1Cl)[C@H](NC(=O)[C@@H]1CCC(=O)N1)C(=O)O. The third kappa shape index (κ3) is 7.61. The molecule has 0 aliphatic carbocycles. The predicted molar refractivity (Wildman–Crippen MR) is 116 cm³/mol. The molecule has 4 amide bonds. The van der Waals surface area contributed by atoms with Crippen molar-refractivity contribution in [1.82, 2.24) is 21.3 Å². The average Bonchev–Trinajstić information content (AvgIpc) is 3.14. The maximum absolute atomic E-state index is 12.1. The molecule has 0 saturated carbocycles. The van der Waals surface area contributed by atoms with Crippen molar-refractivity contribution in [3.63, 3.8) is 0 Å². The first kappa shape index (κ1) is 25.9. The molecule has 3 atom stereocenters. The number of benzene rings is 1. The van der Waals surface area contributed by atoms with E-state index in [0.717, 1.165) is 0 Å². The lowest BCUT2D eigenvalue weighted by molar-refractivity contribution is -0.145. The largest absolute Gasteiger partial charge is 0.480 e. The zero-order valence-electron chi connectivity index (χ0n) is 17.2. The molecule has 12 nitrogen and oxygen atoms in total. The van der Waals surface area contributed by atoms with Gasteiger partial charge in [0.15, 0.2) is 6.04 Å². The van der Waals surface area contributed by atoms with Gasteiger partial charge in [-0.1, -0.05) is 29.3 Å². The molecule has 0 radical (unpaired) electrons. The van der Waals surface area contributed by atoms with Crippen molar-refractivity contribution >= 4 is 58.9 Å². The Morgan fingerprint density at radius 1 is 1.24 bits per heavy atom. The van der Waals surface area contributed by atoms with Gasteiger partial charge in [0.1, 0.15) is 12.1 Å². The number of amides is 4. The van der Waals surface area contributed by atoms with Crippen LogP contribution in [0.15, 0.2) is 18.2 Å². The van der Waals surface area contributed by atoms with Crippen LogP contribution in [-0.4, -0.2) is 59.0 Å². The van der Waals surface area contributed by atoms with Crippen molar-refractivity contribution < 1.29 is 33.8 Å². The van der Waals surface area contributed by atoms with Gasteiger partial charge in [0.05, 0.1) is 6.42 Å². The molecule has 178 valence electrons. The molecule has 14 heteroatoms. The highest BCUT2D eigenvalue weighted by molar-refractivity contribution is 6.36. The van der Waals surface area contributed by atoms with Crippen molar-refractivity contribution in [2.45, 2.75) is 44.4 Å². The van der Waals surface area contributed by atoms with Crippen LogP contribution in [0.1, 0.15) is 25.3 Å². The molecule has 6 N–H and O–H groups in total. The van der Waals surface area contributed by atoms with Crippen LogP contribution in [0, 0.1) is 5.41 Å². The van der Waals surface area contributed by atoms with Crippen molar-refractivity contribution in [2.24, 2.45) is 0 Å². The van der Waals surface area contributed by atoms with Crippen LogP contribution in [0.2, 0.25) is 10.0 Å². The Balaban J connectivity index is 1.86. The van der Waals surface area contributed by atoms with Crippen LogP contribution >= 0.6 is 23.2 Å². The highest BCUT2D eigenvalue weighted by Gasteiger charge is 2.34. The second-order valence-electron chi connectivity index (χ2n) is 7.02. The number of ether oxygens (including phenoxy) is 1. The zero-order valence-corrected chi connectivity index (χ0v) is 18.7. The van der Waals surface area contributed by atoms with Crippen molar-refractivity contribution in [2.75, 3.05) is 0 Å². The molecule has 0 unspecified atom stereocenters. The smallest absolute Gasteiger partial charge is 0.414 e. The first-order valence-corrected chi connectivity index (χ1v) is 10.3. The fourth-order valence-corrected chi connectivity index (χ4v) is 3.42. The summed E-state index contributed by atoms with van der Waals surface area (Å²) in [6, 6.07) is 2.18. The van der Waals surface area contributed by atoms with Gasteiger partial charge in [-0.25, -0.2) is 9.59 Å². The van der Waals surface area contributed by atoms with Crippen LogP contribution < -0.4 is 21.3 Å². The summed E-state index contributed by atoms with van der Waals surface area (Å²) in [5.41, 5.74) is 0.334. The number of carbonyl (C=O) groups excluding carboxylic acids is 4. The van der Waals surface area contributed by atoms with E-state index in [2.05, 4.69) is 16.0 Å². The number of rotatable bonds is 7. The van der Waals surface area contributed by atoms with Crippen LogP contribution in [0.5, 0.6) is 0 Å². The fourth-order valence-electron chi connectivity index (χ4n) is 2.89. The maximum atomic E-state index is 12.1.